The molecule has 1 atom stereocenters. The van der Waals surface area contributed by atoms with E-state index in [0.717, 1.165) is 5.69 Å². The van der Waals surface area contributed by atoms with Crippen LogP contribution in [0.4, 0.5) is 8.78 Å². The van der Waals surface area contributed by atoms with Gasteiger partial charge in [0.05, 0.1) is 6.04 Å². The van der Waals surface area contributed by atoms with E-state index in [1.807, 2.05) is 0 Å². The van der Waals surface area contributed by atoms with Crippen molar-refractivity contribution in [1.29, 1.82) is 0 Å². The summed E-state index contributed by atoms with van der Waals surface area (Å²) < 4.78 is 28.0. The summed E-state index contributed by atoms with van der Waals surface area (Å²) in [4.78, 5) is 4.06. The van der Waals surface area contributed by atoms with Gasteiger partial charge in [-0.05, 0) is 43.2 Å². The number of hydrogen-bond acceptors (Lipinski definition) is 3. The van der Waals surface area contributed by atoms with E-state index in [1.54, 1.807) is 32.2 Å². The van der Waals surface area contributed by atoms with E-state index in [0.29, 0.717) is 11.1 Å². The van der Waals surface area contributed by atoms with Gasteiger partial charge in [-0.1, -0.05) is 6.07 Å². The SMILES string of the molecule is Cc1cc(C(NN)c2c(F)ccc(C)c2F)ccn1. The number of rotatable bonds is 3. The maximum absolute atomic E-state index is 14.1. The lowest BCUT2D eigenvalue weighted by Gasteiger charge is -2.19. The van der Waals surface area contributed by atoms with Crippen molar-refractivity contribution in [3.8, 4) is 0 Å². The third-order valence-electron chi connectivity index (χ3n) is 3.03. The minimum atomic E-state index is -0.749. The van der Waals surface area contributed by atoms with Gasteiger partial charge in [0.25, 0.3) is 0 Å². The summed E-state index contributed by atoms with van der Waals surface area (Å²) in [5.74, 6) is 4.26. The number of halogens is 2. The molecule has 100 valence electrons. The molecule has 2 rings (SSSR count). The van der Waals surface area contributed by atoms with Gasteiger partial charge < -0.3 is 0 Å². The fraction of sp³-hybridized carbons (Fsp3) is 0.214. The Morgan fingerprint density at radius 1 is 1.21 bits per heavy atom. The highest BCUT2D eigenvalue weighted by Gasteiger charge is 2.22. The Morgan fingerprint density at radius 2 is 1.95 bits per heavy atom. The second kappa shape index (κ2) is 5.42. The first-order chi connectivity index (χ1) is 9.04. The molecular formula is C14H15F2N3. The molecule has 0 aliphatic carbocycles. The van der Waals surface area contributed by atoms with Gasteiger partial charge in [0.2, 0.25) is 0 Å². The number of hydrazine groups is 1. The first-order valence-corrected chi connectivity index (χ1v) is 5.87. The summed E-state index contributed by atoms with van der Waals surface area (Å²) in [5.41, 5.74) is 4.19. The Kier molecular flexibility index (Phi) is 3.87. The van der Waals surface area contributed by atoms with Gasteiger partial charge in [-0.3, -0.25) is 10.8 Å². The lowest BCUT2D eigenvalue weighted by atomic mass is 9.97. The Hall–Kier alpha value is -1.85. The van der Waals surface area contributed by atoms with Crippen molar-refractivity contribution in [2.75, 3.05) is 0 Å². The maximum Gasteiger partial charge on any atom is 0.134 e. The normalized spacial score (nSPS) is 12.5. The molecule has 0 saturated carbocycles. The van der Waals surface area contributed by atoms with Crippen molar-refractivity contribution in [3.05, 3.63) is 64.5 Å². The van der Waals surface area contributed by atoms with Gasteiger partial charge in [0, 0.05) is 17.5 Å². The van der Waals surface area contributed by atoms with Crippen LogP contribution in [0.2, 0.25) is 0 Å². The standard InChI is InChI=1S/C14H15F2N3/c1-8-3-4-11(15)12(13(8)16)14(19-17)10-5-6-18-9(2)7-10/h3-7,14,19H,17H2,1-2H3. The molecule has 0 saturated heterocycles. The number of benzene rings is 1. The van der Waals surface area contributed by atoms with Gasteiger partial charge in [-0.25, -0.2) is 14.2 Å². The molecule has 0 spiro atoms. The minimum absolute atomic E-state index is 0.0758. The largest absolute Gasteiger partial charge is 0.271 e. The summed E-state index contributed by atoms with van der Waals surface area (Å²) in [6.07, 6.45) is 1.58. The molecular weight excluding hydrogens is 248 g/mol. The molecule has 1 aromatic carbocycles. The quantitative estimate of drug-likeness (QED) is 0.661. The van der Waals surface area contributed by atoms with Crippen LogP contribution in [0.5, 0.6) is 0 Å². The van der Waals surface area contributed by atoms with Crippen molar-refractivity contribution in [3.63, 3.8) is 0 Å². The zero-order chi connectivity index (χ0) is 14.0. The van der Waals surface area contributed by atoms with E-state index in [9.17, 15) is 8.78 Å². The molecule has 0 aliphatic heterocycles. The molecule has 0 fully saturated rings. The van der Waals surface area contributed by atoms with Crippen LogP contribution >= 0.6 is 0 Å². The van der Waals surface area contributed by atoms with E-state index >= 15 is 0 Å². The summed E-state index contributed by atoms with van der Waals surface area (Å²) in [6, 6.07) is 5.32. The number of aromatic nitrogens is 1. The Bertz CT molecular complexity index is 599. The molecule has 0 radical (unpaired) electrons. The molecule has 5 heteroatoms. The van der Waals surface area contributed by atoms with Crippen LogP contribution in [0, 0.1) is 25.5 Å². The van der Waals surface area contributed by atoms with E-state index in [-0.39, 0.29) is 5.56 Å². The van der Waals surface area contributed by atoms with Crippen molar-refractivity contribution in [2.24, 2.45) is 5.84 Å². The monoisotopic (exact) mass is 263 g/mol. The molecule has 1 unspecified atom stereocenters. The number of nitrogens with zero attached hydrogens (tertiary/aromatic N) is 1. The van der Waals surface area contributed by atoms with Crippen molar-refractivity contribution < 1.29 is 8.78 Å². The lowest BCUT2D eigenvalue weighted by molar-refractivity contribution is 0.506. The molecule has 1 heterocycles. The van der Waals surface area contributed by atoms with Crippen LogP contribution in [-0.4, -0.2) is 4.98 Å². The highest BCUT2D eigenvalue weighted by atomic mass is 19.1. The third-order valence-corrected chi connectivity index (χ3v) is 3.03. The zero-order valence-corrected chi connectivity index (χ0v) is 10.7. The average molecular weight is 263 g/mol. The van der Waals surface area contributed by atoms with Gasteiger partial charge in [-0.15, -0.1) is 0 Å². The molecule has 3 nitrogen and oxygen atoms in total. The van der Waals surface area contributed by atoms with Gasteiger partial charge in [0.1, 0.15) is 11.6 Å². The first kappa shape index (κ1) is 13.6. The summed E-state index contributed by atoms with van der Waals surface area (Å²) in [5, 5.41) is 0. The Morgan fingerprint density at radius 3 is 2.58 bits per heavy atom. The first-order valence-electron chi connectivity index (χ1n) is 5.87. The fourth-order valence-electron chi connectivity index (χ4n) is 2.04. The van der Waals surface area contributed by atoms with Crippen molar-refractivity contribution in [1.82, 2.24) is 10.4 Å². The fourth-order valence-corrected chi connectivity index (χ4v) is 2.04. The minimum Gasteiger partial charge on any atom is -0.271 e. The maximum atomic E-state index is 14.1. The predicted molar refractivity (Wildman–Crippen MR) is 69.2 cm³/mol. The molecule has 0 bridgehead atoms. The van der Waals surface area contributed by atoms with E-state index in [1.165, 1.54) is 12.1 Å². The second-order valence-electron chi connectivity index (χ2n) is 4.42. The summed E-state index contributed by atoms with van der Waals surface area (Å²) in [7, 11) is 0. The lowest BCUT2D eigenvalue weighted by Crippen LogP contribution is -2.30. The number of pyridine rings is 1. The molecule has 1 aromatic heterocycles. The van der Waals surface area contributed by atoms with E-state index in [4.69, 9.17) is 5.84 Å². The summed E-state index contributed by atoms with van der Waals surface area (Å²) in [6.45, 7) is 3.39. The van der Waals surface area contributed by atoms with Crippen molar-refractivity contribution >= 4 is 0 Å². The van der Waals surface area contributed by atoms with Gasteiger partial charge >= 0.3 is 0 Å². The smallest absolute Gasteiger partial charge is 0.134 e. The number of nitrogens with two attached hydrogens (primary N) is 1. The second-order valence-corrected chi connectivity index (χ2v) is 4.42. The number of nitrogens with one attached hydrogen (secondary N) is 1. The molecule has 0 amide bonds. The third kappa shape index (κ3) is 2.62. The number of aryl methyl sites for hydroxylation is 2. The highest BCUT2D eigenvalue weighted by Crippen LogP contribution is 2.28. The van der Waals surface area contributed by atoms with E-state index in [2.05, 4.69) is 10.4 Å². The van der Waals surface area contributed by atoms with Crippen molar-refractivity contribution in [2.45, 2.75) is 19.9 Å². The van der Waals surface area contributed by atoms with Crippen LogP contribution in [0.1, 0.15) is 28.4 Å². The Balaban J connectivity index is 2.57. The van der Waals surface area contributed by atoms with Crippen LogP contribution in [-0.2, 0) is 0 Å². The molecule has 2 aromatic rings. The predicted octanol–water partition coefficient (Wildman–Crippen LogP) is 2.53. The van der Waals surface area contributed by atoms with Crippen LogP contribution in [0.3, 0.4) is 0 Å². The molecule has 19 heavy (non-hydrogen) atoms. The van der Waals surface area contributed by atoms with Crippen LogP contribution in [0.15, 0.2) is 30.5 Å². The molecule has 0 aliphatic rings. The van der Waals surface area contributed by atoms with E-state index < -0.39 is 17.7 Å². The van der Waals surface area contributed by atoms with Crippen LogP contribution in [0.25, 0.3) is 0 Å². The highest BCUT2D eigenvalue weighted by molar-refractivity contribution is 5.36. The number of hydrogen-bond donors (Lipinski definition) is 2. The topological polar surface area (TPSA) is 50.9 Å². The Labute approximate surface area is 110 Å². The molecule has 3 N–H and O–H groups in total. The van der Waals surface area contributed by atoms with Gasteiger partial charge in [0.15, 0.2) is 0 Å². The summed E-state index contributed by atoms with van der Waals surface area (Å²) >= 11 is 0. The van der Waals surface area contributed by atoms with Crippen LogP contribution < -0.4 is 11.3 Å². The average Bonchev–Trinajstić information content (AvgIpc) is 2.39. The zero-order valence-electron chi connectivity index (χ0n) is 10.7. The van der Waals surface area contributed by atoms with Gasteiger partial charge in [-0.2, -0.15) is 0 Å².